The van der Waals surface area contributed by atoms with Gasteiger partial charge in [-0.25, -0.2) is 4.98 Å². The van der Waals surface area contributed by atoms with E-state index in [-0.39, 0.29) is 22.7 Å². The quantitative estimate of drug-likeness (QED) is 0.832. The topological polar surface area (TPSA) is 79.3 Å². The van der Waals surface area contributed by atoms with Gasteiger partial charge in [0.2, 0.25) is 0 Å². The lowest BCUT2D eigenvalue weighted by molar-refractivity contribution is -0.143. The third-order valence-corrected chi connectivity index (χ3v) is 3.70. The molecule has 1 heterocycles. The van der Waals surface area contributed by atoms with Gasteiger partial charge in [0.05, 0.1) is 11.5 Å². The Morgan fingerprint density at radius 3 is 2.79 bits per heavy atom. The number of carboxylic acid groups (broad SMARTS) is 1. The second-order valence-electron chi connectivity index (χ2n) is 4.65. The summed E-state index contributed by atoms with van der Waals surface area (Å²) in [4.78, 5) is 27.1. The maximum Gasteiger partial charge on any atom is 0.308 e. The lowest BCUT2D eigenvalue weighted by atomic mass is 9.84. The van der Waals surface area contributed by atoms with Crippen LogP contribution in [0.3, 0.4) is 0 Å². The van der Waals surface area contributed by atoms with E-state index in [1.165, 1.54) is 6.20 Å². The first-order chi connectivity index (χ1) is 9.09. The van der Waals surface area contributed by atoms with Crippen LogP contribution in [0.4, 0.5) is 0 Å². The monoisotopic (exact) mass is 282 g/mol. The maximum atomic E-state index is 12.1. The van der Waals surface area contributed by atoms with E-state index in [4.69, 9.17) is 16.7 Å². The molecule has 0 saturated heterocycles. The van der Waals surface area contributed by atoms with Gasteiger partial charge in [0.25, 0.3) is 5.91 Å². The molecule has 2 rings (SSSR count). The Hall–Kier alpha value is -1.62. The Balaban J connectivity index is 2.09. The zero-order valence-electron chi connectivity index (χ0n) is 10.3. The zero-order valence-corrected chi connectivity index (χ0v) is 11.1. The van der Waals surface area contributed by atoms with E-state index in [1.54, 1.807) is 12.1 Å². The van der Waals surface area contributed by atoms with E-state index in [9.17, 15) is 9.59 Å². The van der Waals surface area contributed by atoms with Crippen molar-refractivity contribution < 1.29 is 14.7 Å². The molecule has 1 amide bonds. The number of hydrogen-bond acceptors (Lipinski definition) is 3. The Labute approximate surface area is 116 Å². The normalized spacial score (nSPS) is 22.8. The molecule has 1 aliphatic rings. The van der Waals surface area contributed by atoms with Crippen LogP contribution in [0.2, 0.25) is 5.15 Å². The van der Waals surface area contributed by atoms with Gasteiger partial charge >= 0.3 is 5.97 Å². The van der Waals surface area contributed by atoms with Crippen molar-refractivity contribution in [3.8, 4) is 0 Å². The van der Waals surface area contributed by atoms with E-state index in [0.29, 0.717) is 12.8 Å². The van der Waals surface area contributed by atoms with Crippen LogP contribution in [-0.4, -0.2) is 28.0 Å². The number of carbonyl (C=O) groups is 2. The van der Waals surface area contributed by atoms with Crippen LogP contribution < -0.4 is 5.32 Å². The number of rotatable bonds is 3. The molecule has 1 aromatic rings. The number of aromatic nitrogens is 1. The van der Waals surface area contributed by atoms with Crippen LogP contribution in [0.15, 0.2) is 18.3 Å². The second kappa shape index (κ2) is 6.02. The first-order valence-corrected chi connectivity index (χ1v) is 6.61. The van der Waals surface area contributed by atoms with Crippen molar-refractivity contribution in [3.63, 3.8) is 0 Å². The lowest BCUT2D eigenvalue weighted by Gasteiger charge is -2.29. The predicted molar refractivity (Wildman–Crippen MR) is 70.1 cm³/mol. The molecule has 0 aliphatic heterocycles. The fourth-order valence-electron chi connectivity index (χ4n) is 2.40. The molecule has 2 N–H and O–H groups in total. The van der Waals surface area contributed by atoms with Crippen LogP contribution in [0.25, 0.3) is 0 Å². The number of aliphatic carboxylic acids is 1. The smallest absolute Gasteiger partial charge is 0.308 e. The molecular weight excluding hydrogens is 268 g/mol. The van der Waals surface area contributed by atoms with E-state index < -0.39 is 11.9 Å². The summed E-state index contributed by atoms with van der Waals surface area (Å²) >= 11 is 5.85. The largest absolute Gasteiger partial charge is 0.481 e. The van der Waals surface area contributed by atoms with Gasteiger partial charge in [-0.05, 0) is 25.0 Å². The van der Waals surface area contributed by atoms with Crippen molar-refractivity contribution in [2.24, 2.45) is 5.92 Å². The average molecular weight is 283 g/mol. The highest BCUT2D eigenvalue weighted by atomic mass is 35.5. The van der Waals surface area contributed by atoms with E-state index in [2.05, 4.69) is 10.3 Å². The molecule has 2 unspecified atom stereocenters. The summed E-state index contributed by atoms with van der Waals surface area (Å²) in [5, 5.41) is 12.0. The number of pyridine rings is 1. The van der Waals surface area contributed by atoms with Crippen molar-refractivity contribution in [3.05, 3.63) is 29.0 Å². The Morgan fingerprint density at radius 2 is 2.11 bits per heavy atom. The summed E-state index contributed by atoms with van der Waals surface area (Å²) in [6.07, 6.45) is 4.59. The predicted octanol–water partition coefficient (Wildman–Crippen LogP) is 2.11. The highest BCUT2D eigenvalue weighted by Gasteiger charge is 2.32. The molecule has 1 fully saturated rings. The number of carbonyl (C=O) groups excluding carboxylic acids is 1. The average Bonchev–Trinajstić information content (AvgIpc) is 2.39. The van der Waals surface area contributed by atoms with Crippen molar-refractivity contribution in [1.82, 2.24) is 10.3 Å². The zero-order chi connectivity index (χ0) is 13.8. The molecule has 6 heteroatoms. The summed E-state index contributed by atoms with van der Waals surface area (Å²) < 4.78 is 0. The molecule has 0 radical (unpaired) electrons. The SMILES string of the molecule is O=C(NC1CCCCC1C(=O)O)c1cccnc1Cl. The highest BCUT2D eigenvalue weighted by Crippen LogP contribution is 2.25. The molecule has 0 aromatic carbocycles. The van der Waals surface area contributed by atoms with Crippen molar-refractivity contribution >= 4 is 23.5 Å². The Morgan fingerprint density at radius 1 is 1.37 bits per heavy atom. The molecule has 1 saturated carbocycles. The van der Waals surface area contributed by atoms with Gasteiger partial charge in [-0.15, -0.1) is 0 Å². The summed E-state index contributed by atoms with van der Waals surface area (Å²) in [7, 11) is 0. The number of carboxylic acids is 1. The summed E-state index contributed by atoms with van der Waals surface area (Å²) in [5.74, 6) is -1.74. The van der Waals surface area contributed by atoms with E-state index >= 15 is 0 Å². The first-order valence-electron chi connectivity index (χ1n) is 6.24. The number of nitrogens with zero attached hydrogens (tertiary/aromatic N) is 1. The van der Waals surface area contributed by atoms with Crippen molar-refractivity contribution in [2.75, 3.05) is 0 Å². The first kappa shape index (κ1) is 13.8. The molecule has 0 spiro atoms. The van der Waals surface area contributed by atoms with Gasteiger partial charge in [0, 0.05) is 12.2 Å². The maximum absolute atomic E-state index is 12.1. The summed E-state index contributed by atoms with van der Waals surface area (Å²) in [5.41, 5.74) is 0.277. The fraction of sp³-hybridized carbons (Fsp3) is 0.462. The minimum absolute atomic E-state index is 0.127. The van der Waals surface area contributed by atoms with Gasteiger partial charge in [-0.2, -0.15) is 0 Å². The minimum Gasteiger partial charge on any atom is -0.481 e. The van der Waals surface area contributed by atoms with Gasteiger partial charge in [-0.3, -0.25) is 9.59 Å². The molecule has 2 atom stereocenters. The van der Waals surface area contributed by atoms with Crippen LogP contribution in [0.5, 0.6) is 0 Å². The van der Waals surface area contributed by atoms with E-state index in [0.717, 1.165) is 12.8 Å². The third-order valence-electron chi connectivity index (χ3n) is 3.40. The van der Waals surface area contributed by atoms with Crippen molar-refractivity contribution in [1.29, 1.82) is 0 Å². The lowest BCUT2D eigenvalue weighted by Crippen LogP contribution is -2.45. The molecule has 0 bridgehead atoms. The van der Waals surface area contributed by atoms with Crippen LogP contribution in [0.1, 0.15) is 36.0 Å². The van der Waals surface area contributed by atoms with Crippen LogP contribution in [0, 0.1) is 5.92 Å². The fourth-order valence-corrected chi connectivity index (χ4v) is 2.61. The number of nitrogens with one attached hydrogen (secondary N) is 1. The van der Waals surface area contributed by atoms with Gasteiger partial charge in [0.1, 0.15) is 5.15 Å². The van der Waals surface area contributed by atoms with Crippen LogP contribution >= 0.6 is 11.6 Å². The number of hydrogen-bond donors (Lipinski definition) is 2. The van der Waals surface area contributed by atoms with Crippen LogP contribution in [-0.2, 0) is 4.79 Å². The van der Waals surface area contributed by atoms with Gasteiger partial charge < -0.3 is 10.4 Å². The number of halogens is 1. The van der Waals surface area contributed by atoms with Crippen molar-refractivity contribution in [2.45, 2.75) is 31.7 Å². The number of amides is 1. The summed E-state index contributed by atoms with van der Waals surface area (Å²) in [6, 6.07) is 2.86. The second-order valence-corrected chi connectivity index (χ2v) is 5.01. The molecule has 19 heavy (non-hydrogen) atoms. The molecule has 5 nitrogen and oxygen atoms in total. The minimum atomic E-state index is -0.859. The molecular formula is C13H15ClN2O3. The molecule has 102 valence electrons. The molecule has 1 aromatic heterocycles. The Bertz CT molecular complexity index is 493. The molecule has 1 aliphatic carbocycles. The third kappa shape index (κ3) is 3.23. The standard InChI is InChI=1S/C13H15ClN2O3/c14-11-9(5-3-7-15-11)12(17)16-10-6-2-1-4-8(10)13(18)19/h3,5,7-8,10H,1-2,4,6H2,(H,16,17)(H,18,19). The Kier molecular flexibility index (Phi) is 4.37. The van der Waals surface area contributed by atoms with E-state index in [1.807, 2.05) is 0 Å². The summed E-state index contributed by atoms with van der Waals surface area (Å²) in [6.45, 7) is 0. The van der Waals surface area contributed by atoms with Gasteiger partial charge in [0.15, 0.2) is 0 Å². The highest BCUT2D eigenvalue weighted by molar-refractivity contribution is 6.32. The van der Waals surface area contributed by atoms with Gasteiger partial charge in [-0.1, -0.05) is 24.4 Å².